The number of rotatable bonds is 5. The lowest BCUT2D eigenvalue weighted by molar-refractivity contribution is 0.0983. The molecule has 5 heteroatoms. The van der Waals surface area contributed by atoms with Crippen LogP contribution in [0.2, 0.25) is 5.02 Å². The predicted octanol–water partition coefficient (Wildman–Crippen LogP) is 5.09. The van der Waals surface area contributed by atoms with E-state index in [9.17, 15) is 4.79 Å². The number of hydrogen-bond acceptors (Lipinski definition) is 3. The maximum Gasteiger partial charge on any atom is 0.163 e. The third kappa shape index (κ3) is 3.37. The van der Waals surface area contributed by atoms with Gasteiger partial charge in [0.05, 0.1) is 5.69 Å². The summed E-state index contributed by atoms with van der Waals surface area (Å²) >= 11 is 5.95. The number of carbonyl (C=O) groups excluding carboxylic acids is 1. The first-order valence-corrected chi connectivity index (χ1v) is 8.75. The molecule has 0 unspecified atom stereocenters. The molecule has 0 atom stereocenters. The van der Waals surface area contributed by atoms with Gasteiger partial charge in [0.1, 0.15) is 12.0 Å². The zero-order valence-electron chi connectivity index (χ0n) is 13.9. The van der Waals surface area contributed by atoms with E-state index in [2.05, 4.69) is 15.0 Å². The molecule has 4 aromatic rings. The van der Waals surface area contributed by atoms with Crippen molar-refractivity contribution in [2.45, 2.75) is 12.8 Å². The Hall–Kier alpha value is -2.98. The van der Waals surface area contributed by atoms with Gasteiger partial charge in [0.15, 0.2) is 5.78 Å². The average molecular weight is 362 g/mol. The number of halogens is 1. The molecule has 0 aliphatic carbocycles. The van der Waals surface area contributed by atoms with Gasteiger partial charge in [0.25, 0.3) is 0 Å². The fraction of sp³-hybridized carbons (Fsp3) is 0.0952. The summed E-state index contributed by atoms with van der Waals surface area (Å²) < 4.78 is 0. The summed E-state index contributed by atoms with van der Waals surface area (Å²) in [5.74, 6) is 0.0985. The molecule has 4 nitrogen and oxygen atoms in total. The Labute approximate surface area is 155 Å². The molecule has 0 saturated carbocycles. The number of aromatic amines is 1. The van der Waals surface area contributed by atoms with Gasteiger partial charge in [0.2, 0.25) is 0 Å². The third-order valence-electron chi connectivity index (χ3n) is 4.37. The van der Waals surface area contributed by atoms with Crippen molar-refractivity contribution in [2.24, 2.45) is 0 Å². The van der Waals surface area contributed by atoms with Gasteiger partial charge in [-0.2, -0.15) is 0 Å². The highest BCUT2D eigenvalue weighted by atomic mass is 35.5. The quantitative estimate of drug-likeness (QED) is 0.503. The lowest BCUT2D eigenvalue weighted by Crippen LogP contribution is -2.01. The van der Waals surface area contributed by atoms with Gasteiger partial charge in [-0.05, 0) is 30.2 Å². The summed E-state index contributed by atoms with van der Waals surface area (Å²) in [6, 6.07) is 17.2. The highest BCUT2D eigenvalue weighted by Crippen LogP contribution is 2.25. The summed E-state index contributed by atoms with van der Waals surface area (Å²) in [5, 5.41) is 1.58. The van der Waals surface area contributed by atoms with Crippen molar-refractivity contribution in [1.82, 2.24) is 15.0 Å². The number of fused-ring (bicyclic) bond motifs is 1. The molecule has 0 radical (unpaired) electrons. The summed E-state index contributed by atoms with van der Waals surface area (Å²) in [5.41, 5.74) is 4.53. The first-order chi connectivity index (χ1) is 12.7. The number of aromatic nitrogens is 3. The van der Waals surface area contributed by atoms with E-state index in [1.54, 1.807) is 30.6 Å². The number of H-pyrrole nitrogens is 1. The normalized spacial score (nSPS) is 11.0. The molecule has 2 heterocycles. The van der Waals surface area contributed by atoms with E-state index in [0.29, 0.717) is 23.4 Å². The van der Waals surface area contributed by atoms with Crippen LogP contribution in [-0.2, 0) is 6.42 Å². The molecule has 0 bridgehead atoms. The molecule has 2 aromatic carbocycles. The van der Waals surface area contributed by atoms with Crippen molar-refractivity contribution in [2.75, 3.05) is 0 Å². The monoisotopic (exact) mass is 361 g/mol. The summed E-state index contributed by atoms with van der Waals surface area (Å²) in [4.78, 5) is 24.0. The molecule has 128 valence electrons. The smallest absolute Gasteiger partial charge is 0.163 e. The van der Waals surface area contributed by atoms with E-state index < -0.39 is 0 Å². The molecular formula is C21H16ClN3O. The van der Waals surface area contributed by atoms with E-state index in [4.69, 9.17) is 11.6 Å². The number of carbonyl (C=O) groups is 1. The standard InChI is InChI=1S/C21H16ClN3O/c22-17-3-1-2-16(12-17)19(26)9-6-14-4-7-15(8-5-14)20-18-10-11-23-21(18)25-13-24-20/h1-5,7-8,10-13H,6,9H2,(H,23,24,25). The topological polar surface area (TPSA) is 58.6 Å². The van der Waals surface area contributed by atoms with Gasteiger partial charge < -0.3 is 4.98 Å². The van der Waals surface area contributed by atoms with Crippen molar-refractivity contribution < 1.29 is 4.79 Å². The lowest BCUT2D eigenvalue weighted by Gasteiger charge is -2.05. The van der Waals surface area contributed by atoms with Crippen LogP contribution in [0.1, 0.15) is 22.3 Å². The molecule has 0 saturated heterocycles. The number of ketones is 1. The van der Waals surface area contributed by atoms with Crippen molar-refractivity contribution in [3.05, 3.63) is 83.3 Å². The lowest BCUT2D eigenvalue weighted by atomic mass is 10.0. The Kier molecular flexibility index (Phi) is 4.50. The Morgan fingerprint density at radius 3 is 2.69 bits per heavy atom. The van der Waals surface area contributed by atoms with Gasteiger partial charge in [-0.3, -0.25) is 4.79 Å². The number of hydrogen-bond donors (Lipinski definition) is 1. The maximum absolute atomic E-state index is 12.3. The van der Waals surface area contributed by atoms with Crippen LogP contribution in [0.25, 0.3) is 22.3 Å². The molecule has 2 aromatic heterocycles. The van der Waals surface area contributed by atoms with Crippen molar-refractivity contribution >= 4 is 28.4 Å². The van der Waals surface area contributed by atoms with Gasteiger partial charge in [0, 0.05) is 34.2 Å². The minimum absolute atomic E-state index is 0.0985. The Balaban J connectivity index is 1.48. The molecule has 0 fully saturated rings. The Bertz CT molecular complexity index is 1070. The predicted molar refractivity (Wildman–Crippen MR) is 103 cm³/mol. The maximum atomic E-state index is 12.3. The summed E-state index contributed by atoms with van der Waals surface area (Å²) in [6.45, 7) is 0. The number of Topliss-reactive ketones (excluding diaryl/α,β-unsaturated/α-hetero) is 1. The minimum atomic E-state index is 0.0985. The molecule has 4 rings (SSSR count). The number of nitrogens with zero attached hydrogens (tertiary/aromatic N) is 2. The van der Waals surface area contributed by atoms with Gasteiger partial charge in [-0.1, -0.05) is 48.0 Å². The van der Waals surface area contributed by atoms with E-state index in [-0.39, 0.29) is 5.78 Å². The molecule has 0 spiro atoms. The van der Waals surface area contributed by atoms with Gasteiger partial charge in [-0.25, -0.2) is 9.97 Å². The van der Waals surface area contributed by atoms with Crippen LogP contribution in [0.3, 0.4) is 0 Å². The van der Waals surface area contributed by atoms with Gasteiger partial charge in [-0.15, -0.1) is 0 Å². The fourth-order valence-electron chi connectivity index (χ4n) is 3.00. The SMILES string of the molecule is O=C(CCc1ccc(-c2ncnc3[nH]ccc23)cc1)c1cccc(Cl)c1. The summed E-state index contributed by atoms with van der Waals surface area (Å²) in [6.07, 6.45) is 4.56. The first kappa shape index (κ1) is 16.5. The second-order valence-corrected chi connectivity index (χ2v) is 6.53. The van der Waals surface area contributed by atoms with Crippen LogP contribution in [0.5, 0.6) is 0 Å². The van der Waals surface area contributed by atoms with Crippen LogP contribution in [-0.4, -0.2) is 20.7 Å². The molecule has 0 aliphatic heterocycles. The van der Waals surface area contributed by atoms with Gasteiger partial charge >= 0.3 is 0 Å². The van der Waals surface area contributed by atoms with E-state index >= 15 is 0 Å². The molecule has 0 amide bonds. The van der Waals surface area contributed by atoms with Crippen LogP contribution < -0.4 is 0 Å². The second-order valence-electron chi connectivity index (χ2n) is 6.09. The minimum Gasteiger partial charge on any atom is -0.346 e. The van der Waals surface area contributed by atoms with Crippen LogP contribution >= 0.6 is 11.6 Å². The molecule has 0 aliphatic rings. The van der Waals surface area contributed by atoms with Crippen molar-refractivity contribution in [3.8, 4) is 11.3 Å². The number of aryl methyl sites for hydroxylation is 1. The zero-order chi connectivity index (χ0) is 17.9. The van der Waals surface area contributed by atoms with E-state index in [1.807, 2.05) is 36.5 Å². The van der Waals surface area contributed by atoms with E-state index in [1.165, 1.54) is 0 Å². The number of nitrogens with one attached hydrogen (secondary N) is 1. The Morgan fingerprint density at radius 1 is 1.04 bits per heavy atom. The van der Waals surface area contributed by atoms with Crippen LogP contribution in [0.15, 0.2) is 67.1 Å². The summed E-state index contributed by atoms with van der Waals surface area (Å²) in [7, 11) is 0. The van der Waals surface area contributed by atoms with Crippen molar-refractivity contribution in [3.63, 3.8) is 0 Å². The fourth-order valence-corrected chi connectivity index (χ4v) is 3.19. The first-order valence-electron chi connectivity index (χ1n) is 8.37. The highest BCUT2D eigenvalue weighted by molar-refractivity contribution is 6.31. The Morgan fingerprint density at radius 2 is 1.88 bits per heavy atom. The average Bonchev–Trinajstić information content (AvgIpc) is 3.15. The molecule has 1 N–H and O–H groups in total. The largest absolute Gasteiger partial charge is 0.346 e. The molecule has 26 heavy (non-hydrogen) atoms. The van der Waals surface area contributed by atoms with Crippen molar-refractivity contribution in [1.29, 1.82) is 0 Å². The zero-order valence-corrected chi connectivity index (χ0v) is 14.7. The van der Waals surface area contributed by atoms with Crippen LogP contribution in [0.4, 0.5) is 0 Å². The van der Waals surface area contributed by atoms with E-state index in [0.717, 1.165) is 27.9 Å². The number of benzene rings is 2. The van der Waals surface area contributed by atoms with Crippen LogP contribution in [0, 0.1) is 0 Å². The third-order valence-corrected chi connectivity index (χ3v) is 4.60. The molecular weight excluding hydrogens is 346 g/mol. The highest BCUT2D eigenvalue weighted by Gasteiger charge is 2.09. The second kappa shape index (κ2) is 7.10.